The molecule has 2 rings (SSSR count). The number of hydrazone groups is 1. The van der Waals surface area contributed by atoms with Crippen molar-refractivity contribution in [2.24, 2.45) is 10.8 Å². The van der Waals surface area contributed by atoms with Gasteiger partial charge in [0.15, 0.2) is 16.6 Å². The second-order valence-corrected chi connectivity index (χ2v) is 6.57. The molecule has 7 heteroatoms. The summed E-state index contributed by atoms with van der Waals surface area (Å²) in [5.74, 6) is 1.30. The highest BCUT2D eigenvalue weighted by molar-refractivity contribution is 9.10. The summed E-state index contributed by atoms with van der Waals surface area (Å²) < 4.78 is 12.5. The molecule has 2 aromatic carbocycles. The number of hydrogen-bond acceptors (Lipinski definition) is 4. The van der Waals surface area contributed by atoms with E-state index in [4.69, 9.17) is 27.4 Å². The lowest BCUT2D eigenvalue weighted by atomic mass is 10.1. The number of rotatable bonds is 7. The molecule has 0 aliphatic heterocycles. The van der Waals surface area contributed by atoms with Gasteiger partial charge in [0.1, 0.15) is 6.61 Å². The molecule has 2 aromatic rings. The molecular weight excluding hydrogens is 402 g/mol. The molecule has 0 unspecified atom stereocenters. The van der Waals surface area contributed by atoms with E-state index in [0.29, 0.717) is 24.7 Å². The summed E-state index contributed by atoms with van der Waals surface area (Å²) >= 11 is 8.25. The molecule has 0 bridgehead atoms. The molecule has 0 heterocycles. The van der Waals surface area contributed by atoms with E-state index in [1.807, 2.05) is 31.2 Å². The van der Waals surface area contributed by atoms with Crippen molar-refractivity contribution in [2.45, 2.75) is 20.5 Å². The average molecular weight is 422 g/mol. The van der Waals surface area contributed by atoms with Crippen LogP contribution in [0.25, 0.3) is 0 Å². The Hall–Kier alpha value is -2.12. The molecule has 0 saturated heterocycles. The monoisotopic (exact) mass is 421 g/mol. The number of nitrogens with zero attached hydrogens (tertiary/aromatic N) is 1. The molecule has 132 valence electrons. The van der Waals surface area contributed by atoms with Crippen LogP contribution in [0.2, 0.25) is 0 Å². The smallest absolute Gasteiger partial charge is 0.184 e. The second kappa shape index (κ2) is 9.39. The van der Waals surface area contributed by atoms with E-state index in [1.54, 1.807) is 6.21 Å². The first-order valence-corrected chi connectivity index (χ1v) is 8.93. The fourth-order valence-electron chi connectivity index (χ4n) is 2.19. The van der Waals surface area contributed by atoms with E-state index in [1.165, 1.54) is 5.56 Å². The van der Waals surface area contributed by atoms with Gasteiger partial charge in [-0.25, -0.2) is 0 Å². The Labute approximate surface area is 161 Å². The fourth-order valence-corrected chi connectivity index (χ4v) is 2.82. The van der Waals surface area contributed by atoms with Gasteiger partial charge in [-0.3, -0.25) is 5.43 Å². The molecule has 0 aromatic heterocycles. The molecule has 0 amide bonds. The van der Waals surface area contributed by atoms with Gasteiger partial charge in [-0.15, -0.1) is 0 Å². The summed E-state index contributed by atoms with van der Waals surface area (Å²) in [6.07, 6.45) is 1.61. The summed E-state index contributed by atoms with van der Waals surface area (Å²) in [6, 6.07) is 11.9. The van der Waals surface area contributed by atoms with Crippen LogP contribution in [0.3, 0.4) is 0 Å². The predicted octanol–water partition coefficient (Wildman–Crippen LogP) is 3.90. The lowest BCUT2D eigenvalue weighted by Crippen LogP contribution is -2.23. The number of halogens is 1. The van der Waals surface area contributed by atoms with Gasteiger partial charge in [-0.05, 0) is 65.3 Å². The first-order chi connectivity index (χ1) is 12.0. The van der Waals surface area contributed by atoms with Gasteiger partial charge < -0.3 is 15.2 Å². The minimum atomic E-state index is 0.110. The number of hydrogen-bond donors (Lipinski definition) is 2. The first kappa shape index (κ1) is 19.2. The van der Waals surface area contributed by atoms with Gasteiger partial charge in [0, 0.05) is 0 Å². The third-order valence-electron chi connectivity index (χ3n) is 3.19. The van der Waals surface area contributed by atoms with Crippen LogP contribution in [0.4, 0.5) is 0 Å². The maximum absolute atomic E-state index is 5.99. The van der Waals surface area contributed by atoms with E-state index in [0.717, 1.165) is 15.6 Å². The SMILES string of the molecule is CCOc1cc(C=NNC(N)=S)cc(Br)c1OCc1cccc(C)c1. The number of aryl methyl sites for hydroxylation is 1. The molecule has 0 fully saturated rings. The molecule has 0 aliphatic rings. The highest BCUT2D eigenvalue weighted by Crippen LogP contribution is 2.37. The molecule has 3 N–H and O–H groups in total. The van der Waals surface area contributed by atoms with E-state index in [2.05, 4.69) is 45.5 Å². The van der Waals surface area contributed by atoms with E-state index >= 15 is 0 Å². The van der Waals surface area contributed by atoms with E-state index in [-0.39, 0.29) is 5.11 Å². The van der Waals surface area contributed by atoms with Crippen LogP contribution >= 0.6 is 28.1 Å². The maximum Gasteiger partial charge on any atom is 0.184 e. The normalized spacial score (nSPS) is 10.7. The minimum absolute atomic E-state index is 0.110. The topological polar surface area (TPSA) is 68.9 Å². The van der Waals surface area contributed by atoms with Crippen LogP contribution in [0.1, 0.15) is 23.6 Å². The molecule has 0 saturated carbocycles. The van der Waals surface area contributed by atoms with Gasteiger partial charge in [0.2, 0.25) is 0 Å². The highest BCUT2D eigenvalue weighted by Gasteiger charge is 2.12. The van der Waals surface area contributed by atoms with Crippen molar-refractivity contribution >= 4 is 39.5 Å². The van der Waals surface area contributed by atoms with Crippen molar-refractivity contribution in [2.75, 3.05) is 6.61 Å². The number of nitrogens with two attached hydrogens (primary N) is 1. The summed E-state index contributed by atoms with van der Waals surface area (Å²) in [5, 5.41) is 4.07. The summed E-state index contributed by atoms with van der Waals surface area (Å²) in [4.78, 5) is 0. The van der Waals surface area contributed by atoms with Crippen LogP contribution < -0.4 is 20.6 Å². The van der Waals surface area contributed by atoms with Crippen LogP contribution in [0, 0.1) is 6.92 Å². The highest BCUT2D eigenvalue weighted by atomic mass is 79.9. The number of nitrogens with one attached hydrogen (secondary N) is 1. The Balaban J connectivity index is 2.21. The molecule has 0 radical (unpaired) electrons. The van der Waals surface area contributed by atoms with Crippen LogP contribution in [-0.4, -0.2) is 17.9 Å². The third kappa shape index (κ3) is 6.03. The molecule has 5 nitrogen and oxygen atoms in total. The van der Waals surface area contributed by atoms with Gasteiger partial charge in [-0.1, -0.05) is 29.8 Å². The van der Waals surface area contributed by atoms with Crippen LogP contribution in [-0.2, 0) is 6.61 Å². The lowest BCUT2D eigenvalue weighted by molar-refractivity contribution is 0.267. The summed E-state index contributed by atoms with van der Waals surface area (Å²) in [6.45, 7) is 4.96. The van der Waals surface area contributed by atoms with Crippen molar-refractivity contribution in [3.05, 3.63) is 57.6 Å². The van der Waals surface area contributed by atoms with Crippen molar-refractivity contribution < 1.29 is 9.47 Å². The van der Waals surface area contributed by atoms with Crippen LogP contribution in [0.5, 0.6) is 11.5 Å². The van der Waals surface area contributed by atoms with Crippen molar-refractivity contribution in [1.82, 2.24) is 5.43 Å². The van der Waals surface area contributed by atoms with Gasteiger partial charge >= 0.3 is 0 Å². The van der Waals surface area contributed by atoms with Crippen molar-refractivity contribution in [3.63, 3.8) is 0 Å². The molecule has 0 spiro atoms. The van der Waals surface area contributed by atoms with E-state index in [9.17, 15) is 0 Å². The van der Waals surface area contributed by atoms with Crippen molar-refractivity contribution in [1.29, 1.82) is 0 Å². The van der Waals surface area contributed by atoms with Crippen LogP contribution in [0.15, 0.2) is 46.0 Å². The molecule has 0 aliphatic carbocycles. The second-order valence-electron chi connectivity index (χ2n) is 5.27. The Morgan fingerprint density at radius 1 is 1.32 bits per heavy atom. The largest absolute Gasteiger partial charge is 0.490 e. The Kier molecular flexibility index (Phi) is 7.21. The van der Waals surface area contributed by atoms with Gasteiger partial charge in [0.25, 0.3) is 0 Å². The first-order valence-electron chi connectivity index (χ1n) is 7.72. The third-order valence-corrected chi connectivity index (χ3v) is 3.87. The Bertz CT molecular complexity index is 781. The zero-order chi connectivity index (χ0) is 18.2. The lowest BCUT2D eigenvalue weighted by Gasteiger charge is -2.15. The zero-order valence-corrected chi connectivity index (χ0v) is 16.5. The average Bonchev–Trinajstić information content (AvgIpc) is 2.54. The quantitative estimate of drug-likeness (QED) is 0.403. The minimum Gasteiger partial charge on any atom is -0.490 e. The standard InChI is InChI=1S/C18H20BrN3O2S/c1-3-23-16-9-14(10-21-22-18(20)25)8-15(19)17(16)24-11-13-6-4-5-12(2)7-13/h4-10H,3,11H2,1-2H3,(H3,20,22,25). The number of ether oxygens (including phenoxy) is 2. The maximum atomic E-state index is 5.99. The Morgan fingerprint density at radius 3 is 2.80 bits per heavy atom. The number of thiocarbonyl (C=S) groups is 1. The van der Waals surface area contributed by atoms with Gasteiger partial charge in [0.05, 0.1) is 17.3 Å². The van der Waals surface area contributed by atoms with E-state index < -0.39 is 0 Å². The van der Waals surface area contributed by atoms with Gasteiger partial charge in [-0.2, -0.15) is 5.10 Å². The summed E-state index contributed by atoms with van der Waals surface area (Å²) in [7, 11) is 0. The fraction of sp³-hybridized carbons (Fsp3) is 0.222. The predicted molar refractivity (Wildman–Crippen MR) is 108 cm³/mol. The summed E-state index contributed by atoms with van der Waals surface area (Å²) in [5.41, 5.74) is 11.0. The zero-order valence-electron chi connectivity index (χ0n) is 14.1. The molecule has 25 heavy (non-hydrogen) atoms. The number of benzene rings is 2. The molecule has 0 atom stereocenters. The molecular formula is C18H20BrN3O2S. The van der Waals surface area contributed by atoms with Crippen molar-refractivity contribution in [3.8, 4) is 11.5 Å². The Morgan fingerprint density at radius 2 is 2.12 bits per heavy atom.